The van der Waals surface area contributed by atoms with Crippen LogP contribution in [0.5, 0.6) is 5.75 Å². The number of para-hydroxylation sites is 1. The van der Waals surface area contributed by atoms with E-state index in [4.69, 9.17) is 0 Å². The van der Waals surface area contributed by atoms with Gasteiger partial charge in [-0.3, -0.25) is 9.88 Å². The van der Waals surface area contributed by atoms with Gasteiger partial charge in [0.2, 0.25) is 0 Å². The smallest absolute Gasteiger partial charge is 0.141 e. The fourth-order valence-corrected chi connectivity index (χ4v) is 2.65. The maximum Gasteiger partial charge on any atom is 0.141 e. The lowest BCUT2D eigenvalue weighted by atomic mass is 10.1. The lowest BCUT2D eigenvalue weighted by Crippen LogP contribution is -2.31. The quantitative estimate of drug-likeness (QED) is 0.785. The summed E-state index contributed by atoms with van der Waals surface area (Å²) >= 11 is 0. The number of hydrogen-bond acceptors (Lipinski definition) is 4. The standard InChI is InChI=1S/C19H21N3O/c1-14(12-16-7-3-4-11-20-16)22(2)13-17-10-9-15-6-5-8-18(23)19(15)21-17/h3-11,14,23H,12-13H2,1-2H3. The zero-order valence-electron chi connectivity index (χ0n) is 13.5. The van der Waals surface area contributed by atoms with Gasteiger partial charge in [-0.1, -0.05) is 24.3 Å². The Kier molecular flexibility index (Phi) is 4.53. The van der Waals surface area contributed by atoms with Gasteiger partial charge in [-0.2, -0.15) is 0 Å². The van der Waals surface area contributed by atoms with Gasteiger partial charge in [-0.15, -0.1) is 0 Å². The number of rotatable bonds is 5. The summed E-state index contributed by atoms with van der Waals surface area (Å²) in [6.45, 7) is 2.92. The van der Waals surface area contributed by atoms with Gasteiger partial charge < -0.3 is 5.11 Å². The third-order valence-corrected chi connectivity index (χ3v) is 4.15. The van der Waals surface area contributed by atoms with Crippen LogP contribution in [0.4, 0.5) is 0 Å². The predicted octanol–water partition coefficient (Wildman–Crippen LogP) is 3.40. The molecule has 1 atom stereocenters. The number of phenols is 1. The van der Waals surface area contributed by atoms with E-state index in [-0.39, 0.29) is 5.75 Å². The Hall–Kier alpha value is -2.46. The van der Waals surface area contributed by atoms with Crippen molar-refractivity contribution < 1.29 is 5.11 Å². The van der Waals surface area contributed by atoms with E-state index in [9.17, 15) is 5.11 Å². The number of benzene rings is 1. The van der Waals surface area contributed by atoms with E-state index in [1.54, 1.807) is 6.07 Å². The summed E-state index contributed by atoms with van der Waals surface area (Å²) in [6.07, 6.45) is 2.73. The molecule has 0 amide bonds. The third-order valence-electron chi connectivity index (χ3n) is 4.15. The van der Waals surface area contributed by atoms with Crippen LogP contribution in [0, 0.1) is 0 Å². The largest absolute Gasteiger partial charge is 0.506 e. The van der Waals surface area contributed by atoms with Gasteiger partial charge >= 0.3 is 0 Å². The zero-order valence-corrected chi connectivity index (χ0v) is 13.5. The van der Waals surface area contributed by atoms with E-state index in [0.717, 1.165) is 29.7 Å². The van der Waals surface area contributed by atoms with Crippen LogP contribution in [-0.2, 0) is 13.0 Å². The Bertz CT molecular complexity index is 789. The SMILES string of the molecule is CC(Cc1ccccn1)N(C)Cc1ccc2cccc(O)c2n1. The summed E-state index contributed by atoms with van der Waals surface area (Å²) in [5.74, 6) is 0.230. The van der Waals surface area contributed by atoms with Crippen molar-refractivity contribution >= 4 is 10.9 Å². The fourth-order valence-electron chi connectivity index (χ4n) is 2.65. The van der Waals surface area contributed by atoms with Gasteiger partial charge in [0.1, 0.15) is 11.3 Å². The summed E-state index contributed by atoms with van der Waals surface area (Å²) < 4.78 is 0. The first-order valence-electron chi connectivity index (χ1n) is 7.81. The second-order valence-electron chi connectivity index (χ2n) is 5.94. The molecule has 0 aliphatic rings. The lowest BCUT2D eigenvalue weighted by Gasteiger charge is -2.24. The molecule has 0 radical (unpaired) electrons. The van der Waals surface area contributed by atoms with E-state index in [0.29, 0.717) is 11.6 Å². The van der Waals surface area contributed by atoms with Gasteiger partial charge in [-0.05, 0) is 38.2 Å². The highest BCUT2D eigenvalue weighted by Gasteiger charge is 2.12. The van der Waals surface area contributed by atoms with Gasteiger partial charge in [0, 0.05) is 36.3 Å². The molecule has 0 fully saturated rings. The van der Waals surface area contributed by atoms with E-state index in [2.05, 4.69) is 34.9 Å². The molecule has 1 unspecified atom stereocenters. The van der Waals surface area contributed by atoms with Gasteiger partial charge in [0.05, 0.1) is 5.69 Å². The third kappa shape index (κ3) is 3.66. The molecule has 118 valence electrons. The highest BCUT2D eigenvalue weighted by molar-refractivity contribution is 5.84. The Morgan fingerprint density at radius 2 is 1.91 bits per heavy atom. The number of aromatic nitrogens is 2. The number of phenolic OH excluding ortho intramolecular Hbond substituents is 1. The molecule has 3 rings (SSSR count). The van der Waals surface area contributed by atoms with Crippen molar-refractivity contribution in [1.29, 1.82) is 0 Å². The predicted molar refractivity (Wildman–Crippen MR) is 92.3 cm³/mol. The summed E-state index contributed by atoms with van der Waals surface area (Å²) in [7, 11) is 2.09. The summed E-state index contributed by atoms with van der Waals surface area (Å²) in [5, 5.41) is 10.9. The van der Waals surface area contributed by atoms with Crippen LogP contribution in [0.25, 0.3) is 10.9 Å². The molecule has 1 N–H and O–H groups in total. The van der Waals surface area contributed by atoms with Crippen LogP contribution >= 0.6 is 0 Å². The van der Waals surface area contributed by atoms with Gasteiger partial charge in [-0.25, -0.2) is 4.98 Å². The van der Waals surface area contributed by atoms with Gasteiger partial charge in [0.15, 0.2) is 0 Å². The second kappa shape index (κ2) is 6.75. The van der Waals surface area contributed by atoms with Crippen LogP contribution in [0.2, 0.25) is 0 Å². The molecule has 4 nitrogen and oxygen atoms in total. The molecule has 23 heavy (non-hydrogen) atoms. The van der Waals surface area contributed by atoms with Crippen molar-refractivity contribution in [3.63, 3.8) is 0 Å². The number of likely N-dealkylation sites (N-methyl/N-ethyl adjacent to an activating group) is 1. The van der Waals surface area contributed by atoms with Gasteiger partial charge in [0.25, 0.3) is 0 Å². The first kappa shape index (κ1) is 15.4. The fraction of sp³-hybridized carbons (Fsp3) is 0.263. The van der Waals surface area contributed by atoms with Crippen LogP contribution in [0.3, 0.4) is 0 Å². The Labute approximate surface area is 136 Å². The molecule has 0 aliphatic heterocycles. The molecular weight excluding hydrogens is 286 g/mol. The molecule has 0 spiro atoms. The topological polar surface area (TPSA) is 49.2 Å². The van der Waals surface area contributed by atoms with Crippen LogP contribution < -0.4 is 0 Å². The average Bonchev–Trinajstić information content (AvgIpc) is 2.56. The molecule has 1 aromatic carbocycles. The summed E-state index contributed by atoms with van der Waals surface area (Å²) in [5.41, 5.74) is 2.71. The highest BCUT2D eigenvalue weighted by Crippen LogP contribution is 2.22. The number of nitrogens with zero attached hydrogens (tertiary/aromatic N) is 3. The van der Waals surface area contributed by atoms with Crippen molar-refractivity contribution in [3.8, 4) is 5.75 Å². The monoisotopic (exact) mass is 307 g/mol. The van der Waals surface area contributed by atoms with Crippen molar-refractivity contribution in [2.45, 2.75) is 25.9 Å². The van der Waals surface area contributed by atoms with Crippen molar-refractivity contribution in [3.05, 3.63) is 66.1 Å². The van der Waals surface area contributed by atoms with Crippen molar-refractivity contribution in [1.82, 2.24) is 14.9 Å². The number of hydrogen-bond donors (Lipinski definition) is 1. The maximum absolute atomic E-state index is 9.95. The number of aromatic hydroxyl groups is 1. The minimum atomic E-state index is 0.230. The minimum absolute atomic E-state index is 0.230. The van der Waals surface area contributed by atoms with Crippen LogP contribution in [0.15, 0.2) is 54.7 Å². The molecule has 0 bridgehead atoms. The zero-order chi connectivity index (χ0) is 16.2. The van der Waals surface area contributed by atoms with Crippen LogP contribution in [0.1, 0.15) is 18.3 Å². The molecule has 0 saturated heterocycles. The van der Waals surface area contributed by atoms with E-state index < -0.39 is 0 Å². The van der Waals surface area contributed by atoms with E-state index in [1.807, 2.05) is 42.6 Å². The molecule has 2 aromatic heterocycles. The Balaban J connectivity index is 1.72. The maximum atomic E-state index is 9.95. The second-order valence-corrected chi connectivity index (χ2v) is 5.94. The molecule has 0 saturated carbocycles. The highest BCUT2D eigenvalue weighted by atomic mass is 16.3. The van der Waals surface area contributed by atoms with Crippen molar-refractivity contribution in [2.24, 2.45) is 0 Å². The lowest BCUT2D eigenvalue weighted by molar-refractivity contribution is 0.244. The molecule has 0 aliphatic carbocycles. The summed E-state index contributed by atoms with van der Waals surface area (Å²) in [4.78, 5) is 11.2. The van der Waals surface area contributed by atoms with E-state index in [1.165, 1.54) is 0 Å². The minimum Gasteiger partial charge on any atom is -0.506 e. The average molecular weight is 307 g/mol. The number of fused-ring (bicyclic) bond motifs is 1. The molecule has 3 aromatic rings. The number of pyridine rings is 2. The van der Waals surface area contributed by atoms with Crippen molar-refractivity contribution in [2.75, 3.05) is 7.05 Å². The first-order chi connectivity index (χ1) is 11.1. The Morgan fingerprint density at radius 3 is 2.70 bits per heavy atom. The van der Waals surface area contributed by atoms with Crippen LogP contribution in [-0.4, -0.2) is 33.1 Å². The first-order valence-corrected chi connectivity index (χ1v) is 7.81. The normalized spacial score (nSPS) is 12.7. The molecule has 2 heterocycles. The Morgan fingerprint density at radius 1 is 1.04 bits per heavy atom. The van der Waals surface area contributed by atoms with E-state index >= 15 is 0 Å². The molecule has 4 heteroatoms. The summed E-state index contributed by atoms with van der Waals surface area (Å²) in [6, 6.07) is 15.8. The molecular formula is C19H21N3O.